The second-order valence-corrected chi connectivity index (χ2v) is 4.48. The fourth-order valence-electron chi connectivity index (χ4n) is 1.72. The Morgan fingerprint density at radius 3 is 2.38 bits per heavy atom. The van der Waals surface area contributed by atoms with Gasteiger partial charge < -0.3 is 4.74 Å². The summed E-state index contributed by atoms with van der Waals surface area (Å²) in [6.45, 7) is 1.26. The highest BCUT2D eigenvalue weighted by Gasteiger charge is 2.55. The first-order valence-corrected chi connectivity index (χ1v) is 5.38. The van der Waals surface area contributed by atoms with Crippen molar-refractivity contribution in [3.63, 3.8) is 0 Å². The van der Waals surface area contributed by atoms with E-state index in [1.807, 2.05) is 0 Å². The second kappa shape index (κ2) is 3.55. The molecule has 0 bridgehead atoms. The van der Waals surface area contributed by atoms with E-state index in [4.69, 9.17) is 21.4 Å². The van der Waals surface area contributed by atoms with Gasteiger partial charge in [-0.1, -0.05) is 0 Å². The molecular weight excluding hydrogens is 208 g/mol. The SMILES string of the molecule is CC(=O)OC(=N)C1(N(N)C(=N)C2CC2)CC1. The van der Waals surface area contributed by atoms with Crippen molar-refractivity contribution in [2.45, 2.75) is 38.1 Å². The van der Waals surface area contributed by atoms with Crippen LogP contribution in [0.5, 0.6) is 0 Å². The van der Waals surface area contributed by atoms with E-state index in [1.54, 1.807) is 0 Å². The zero-order valence-electron chi connectivity index (χ0n) is 9.25. The Kier molecular flexibility index (Phi) is 2.46. The number of ether oxygens (including phenoxy) is 1. The van der Waals surface area contributed by atoms with Gasteiger partial charge in [-0.25, -0.2) is 5.84 Å². The largest absolute Gasteiger partial charge is 0.410 e. The zero-order valence-corrected chi connectivity index (χ0v) is 9.25. The fourth-order valence-corrected chi connectivity index (χ4v) is 1.72. The minimum Gasteiger partial charge on any atom is -0.410 e. The normalized spacial score (nSPS) is 21.1. The highest BCUT2D eigenvalue weighted by molar-refractivity contribution is 5.98. The molecule has 0 aromatic carbocycles. The summed E-state index contributed by atoms with van der Waals surface area (Å²) in [5.74, 6) is 5.79. The fraction of sp³-hybridized carbons (Fsp3) is 0.700. The molecule has 0 aliphatic heterocycles. The minimum absolute atomic E-state index is 0.132. The molecule has 2 aliphatic rings. The average Bonchev–Trinajstić information content (AvgIpc) is 3.05. The lowest BCUT2D eigenvalue weighted by Crippen LogP contribution is -2.52. The standard InChI is InChI=1S/C10H16N4O2/c1-6(15)16-9(12)10(4-5-10)14(13)8(11)7-2-3-7/h7,11-12H,2-5,13H2,1H3. The van der Waals surface area contributed by atoms with Gasteiger partial charge in [0.2, 0.25) is 5.90 Å². The molecule has 0 saturated heterocycles. The highest BCUT2D eigenvalue weighted by Crippen LogP contribution is 2.44. The first kappa shape index (κ1) is 11.1. The summed E-state index contributed by atoms with van der Waals surface area (Å²) in [6, 6.07) is 0. The third-order valence-corrected chi connectivity index (χ3v) is 3.08. The lowest BCUT2D eigenvalue weighted by Gasteiger charge is -2.28. The van der Waals surface area contributed by atoms with Gasteiger partial charge >= 0.3 is 5.97 Å². The molecule has 6 heteroatoms. The van der Waals surface area contributed by atoms with Crippen LogP contribution in [0.15, 0.2) is 0 Å². The van der Waals surface area contributed by atoms with Gasteiger partial charge in [0.05, 0.1) is 0 Å². The summed E-state index contributed by atoms with van der Waals surface area (Å²) in [7, 11) is 0. The molecule has 2 aliphatic carbocycles. The Hall–Kier alpha value is -1.43. The maximum Gasteiger partial charge on any atom is 0.309 e. The number of hydrogen-bond donors (Lipinski definition) is 3. The van der Waals surface area contributed by atoms with Crippen molar-refractivity contribution in [1.29, 1.82) is 10.8 Å². The molecule has 0 atom stereocenters. The summed E-state index contributed by atoms with van der Waals surface area (Å²) in [4.78, 5) is 10.8. The van der Waals surface area contributed by atoms with E-state index in [1.165, 1.54) is 11.9 Å². The van der Waals surface area contributed by atoms with Crippen LogP contribution in [0.2, 0.25) is 0 Å². The van der Waals surface area contributed by atoms with Gasteiger partial charge in [0, 0.05) is 12.8 Å². The third kappa shape index (κ3) is 1.80. The topological polar surface area (TPSA) is 103 Å². The van der Waals surface area contributed by atoms with Crippen LogP contribution in [0.3, 0.4) is 0 Å². The number of esters is 1. The summed E-state index contributed by atoms with van der Waals surface area (Å²) < 4.78 is 4.78. The van der Waals surface area contributed by atoms with Gasteiger partial charge in [0.25, 0.3) is 0 Å². The maximum absolute atomic E-state index is 10.8. The Bertz CT molecular complexity index is 358. The zero-order chi connectivity index (χ0) is 11.9. The number of rotatable bonds is 3. The van der Waals surface area contributed by atoms with Crippen molar-refractivity contribution in [2.24, 2.45) is 11.8 Å². The van der Waals surface area contributed by atoms with Crippen molar-refractivity contribution >= 4 is 17.7 Å². The number of nitrogens with one attached hydrogen (secondary N) is 2. The predicted molar refractivity (Wildman–Crippen MR) is 57.9 cm³/mol. The van der Waals surface area contributed by atoms with Crippen LogP contribution in [-0.2, 0) is 9.53 Å². The second-order valence-electron chi connectivity index (χ2n) is 4.48. The number of amidine groups is 1. The van der Waals surface area contributed by atoms with E-state index >= 15 is 0 Å². The molecule has 0 aromatic rings. The van der Waals surface area contributed by atoms with E-state index < -0.39 is 11.5 Å². The van der Waals surface area contributed by atoms with Crippen molar-refractivity contribution in [1.82, 2.24) is 5.01 Å². The molecule has 2 saturated carbocycles. The van der Waals surface area contributed by atoms with Crippen molar-refractivity contribution < 1.29 is 9.53 Å². The number of carbonyl (C=O) groups excluding carboxylic acids is 1. The number of hydrogen-bond acceptors (Lipinski definition) is 5. The van der Waals surface area contributed by atoms with Gasteiger partial charge in [0.15, 0.2) is 0 Å². The Balaban J connectivity index is 2.03. The molecule has 2 fully saturated rings. The molecule has 0 aromatic heterocycles. The van der Waals surface area contributed by atoms with Crippen molar-refractivity contribution in [3.8, 4) is 0 Å². The summed E-state index contributed by atoms with van der Waals surface area (Å²) in [5, 5.41) is 16.9. The molecule has 0 heterocycles. The van der Waals surface area contributed by atoms with Crippen LogP contribution in [0.1, 0.15) is 32.6 Å². The van der Waals surface area contributed by atoms with Crippen LogP contribution in [0, 0.1) is 16.7 Å². The molecular formula is C10H16N4O2. The third-order valence-electron chi connectivity index (χ3n) is 3.08. The van der Waals surface area contributed by atoms with Crippen LogP contribution in [0.4, 0.5) is 0 Å². The van der Waals surface area contributed by atoms with Crippen LogP contribution in [-0.4, -0.2) is 28.3 Å². The van der Waals surface area contributed by atoms with Crippen LogP contribution < -0.4 is 5.84 Å². The van der Waals surface area contributed by atoms with Gasteiger partial charge in [-0.3, -0.25) is 20.6 Å². The van der Waals surface area contributed by atoms with Crippen molar-refractivity contribution in [3.05, 3.63) is 0 Å². The van der Waals surface area contributed by atoms with Gasteiger partial charge in [-0.15, -0.1) is 0 Å². The molecule has 0 unspecified atom stereocenters. The number of nitrogens with zero attached hydrogens (tertiary/aromatic N) is 1. The summed E-state index contributed by atoms with van der Waals surface area (Å²) in [6.07, 6.45) is 3.32. The molecule has 6 nitrogen and oxygen atoms in total. The quantitative estimate of drug-likeness (QED) is 0.215. The Morgan fingerprint density at radius 1 is 1.44 bits per heavy atom. The highest BCUT2D eigenvalue weighted by atomic mass is 16.5. The summed E-state index contributed by atoms with van der Waals surface area (Å²) in [5.41, 5.74) is -0.731. The molecule has 0 spiro atoms. The average molecular weight is 224 g/mol. The number of carbonyl (C=O) groups is 1. The van der Waals surface area contributed by atoms with Gasteiger partial charge in [0.1, 0.15) is 11.4 Å². The van der Waals surface area contributed by atoms with E-state index in [2.05, 4.69) is 0 Å². The first-order valence-electron chi connectivity index (χ1n) is 5.38. The van der Waals surface area contributed by atoms with Crippen molar-refractivity contribution in [2.75, 3.05) is 0 Å². The monoisotopic (exact) mass is 224 g/mol. The smallest absolute Gasteiger partial charge is 0.309 e. The lowest BCUT2D eigenvalue weighted by molar-refractivity contribution is -0.133. The molecule has 0 amide bonds. The van der Waals surface area contributed by atoms with Gasteiger partial charge in [-0.05, 0) is 25.7 Å². The number of hydrazine groups is 1. The van der Waals surface area contributed by atoms with E-state index in [0.717, 1.165) is 12.8 Å². The van der Waals surface area contributed by atoms with E-state index in [-0.39, 0.29) is 11.8 Å². The van der Waals surface area contributed by atoms with Crippen LogP contribution >= 0.6 is 0 Å². The lowest BCUT2D eigenvalue weighted by atomic mass is 10.2. The molecule has 0 radical (unpaired) electrons. The van der Waals surface area contributed by atoms with E-state index in [9.17, 15) is 4.79 Å². The molecule has 2 rings (SSSR count). The first-order chi connectivity index (χ1) is 7.47. The van der Waals surface area contributed by atoms with E-state index in [0.29, 0.717) is 18.7 Å². The molecule has 16 heavy (non-hydrogen) atoms. The number of nitrogens with two attached hydrogens (primary N) is 1. The maximum atomic E-state index is 10.8. The summed E-state index contributed by atoms with van der Waals surface area (Å²) >= 11 is 0. The van der Waals surface area contributed by atoms with Gasteiger partial charge in [-0.2, -0.15) is 0 Å². The Labute approximate surface area is 93.7 Å². The molecule has 88 valence electrons. The van der Waals surface area contributed by atoms with Crippen LogP contribution in [0.25, 0.3) is 0 Å². The minimum atomic E-state index is -0.731. The Morgan fingerprint density at radius 2 is 2.00 bits per heavy atom. The predicted octanol–water partition coefficient (Wildman–Crippen LogP) is 0.622. The molecule has 4 N–H and O–H groups in total.